The smallest absolute Gasteiger partial charge is 0.166 e. The van der Waals surface area contributed by atoms with E-state index in [1.54, 1.807) is 0 Å². The molecule has 94 valence electrons. The lowest BCUT2D eigenvalue weighted by atomic mass is 10.2. The Hall–Kier alpha value is -0.990. The van der Waals surface area contributed by atoms with Crippen LogP contribution in [0.1, 0.15) is 5.56 Å². The molecule has 0 amide bonds. The van der Waals surface area contributed by atoms with E-state index in [0.29, 0.717) is 12.1 Å². The van der Waals surface area contributed by atoms with Crippen molar-refractivity contribution < 1.29 is 32.6 Å². The van der Waals surface area contributed by atoms with E-state index in [9.17, 15) is 32.6 Å². The third-order valence-electron chi connectivity index (χ3n) is 1.61. The van der Waals surface area contributed by atoms with Gasteiger partial charge in [0.25, 0.3) is 0 Å². The Morgan fingerprint density at radius 2 is 1.25 bits per heavy atom. The van der Waals surface area contributed by atoms with Crippen molar-refractivity contribution in [3.05, 3.63) is 29.8 Å². The highest BCUT2D eigenvalue weighted by Gasteiger charge is 2.68. The predicted molar refractivity (Wildman–Crippen MR) is 42.8 cm³/mol. The Bertz CT molecular complexity index is 413. The molecule has 0 saturated heterocycles. The van der Waals surface area contributed by atoms with Crippen LogP contribution in [0.4, 0.5) is 32.6 Å². The molecule has 0 fully saturated rings. The molecular weight excluding hydrogens is 268 g/mol. The van der Waals surface area contributed by atoms with E-state index < -0.39 is 26.9 Å². The molecule has 9 heteroatoms. The van der Waals surface area contributed by atoms with Gasteiger partial charge in [-0.3, -0.25) is 0 Å². The average Bonchev–Trinajstić information content (AvgIpc) is 1.99. The van der Waals surface area contributed by atoms with Gasteiger partial charge in [-0.1, -0.05) is 31.6 Å². The van der Waals surface area contributed by atoms with Gasteiger partial charge in [-0.25, -0.2) is 0 Å². The summed E-state index contributed by atoms with van der Waals surface area (Å²) in [5.41, 5.74) is -2.38. The number of alkyl halides is 3. The maximum atomic E-state index is 12.2. The Labute approximate surface area is 84.6 Å². The zero-order chi connectivity index (χ0) is 12.9. The monoisotopic (exact) mass is 272 g/mol. The first-order valence-corrected chi connectivity index (χ1v) is 5.57. The summed E-state index contributed by atoms with van der Waals surface area (Å²) < 4.78 is 97.5. The zero-order valence-corrected chi connectivity index (χ0v) is 8.06. The number of hydrogen-bond donors (Lipinski definition) is 0. The van der Waals surface area contributed by atoms with Crippen molar-refractivity contribution in [3.63, 3.8) is 0 Å². The topological polar surface area (TPSA) is 0 Å². The minimum absolute atomic E-state index is 0.0345. The van der Waals surface area contributed by atoms with Crippen LogP contribution in [-0.4, -0.2) is 0 Å². The van der Waals surface area contributed by atoms with Gasteiger partial charge in [0.15, 0.2) is 0 Å². The van der Waals surface area contributed by atoms with Gasteiger partial charge in [-0.2, -0.15) is 13.2 Å². The first-order chi connectivity index (χ1) is 6.72. The summed E-state index contributed by atoms with van der Waals surface area (Å²) in [7, 11) is -10.3. The molecule has 0 heterocycles. The first kappa shape index (κ1) is 13.1. The minimum Gasteiger partial charge on any atom is -0.166 e. The Kier molecular flexibility index (Phi) is 2.15. The van der Waals surface area contributed by atoms with Gasteiger partial charge in [0.05, 0.1) is 5.56 Å². The summed E-state index contributed by atoms with van der Waals surface area (Å²) in [5, 5.41) is 0. The summed E-state index contributed by atoms with van der Waals surface area (Å²) in [6.45, 7) is 0. The molecule has 0 atom stereocenters. The predicted octanol–water partition coefficient (Wildman–Crippen LogP) is 5.36. The third-order valence-corrected chi connectivity index (χ3v) is 2.80. The largest absolute Gasteiger partial charge is 0.417 e. The average molecular weight is 272 g/mol. The fraction of sp³-hybridized carbons (Fsp3) is 0.143. The number of benzene rings is 1. The Morgan fingerprint density at radius 3 is 1.56 bits per heavy atom. The van der Waals surface area contributed by atoms with Gasteiger partial charge in [-0.15, -0.1) is 0 Å². The SMILES string of the molecule is FC(F)(F)c1ccccc1S(F)(F)(F)(F)F. The van der Waals surface area contributed by atoms with E-state index in [2.05, 4.69) is 0 Å². The fourth-order valence-corrected chi connectivity index (χ4v) is 1.97. The lowest BCUT2D eigenvalue weighted by Gasteiger charge is -2.41. The van der Waals surface area contributed by atoms with Crippen LogP contribution in [-0.2, 0) is 6.18 Å². The lowest BCUT2D eigenvalue weighted by Crippen LogP contribution is -2.15. The molecule has 0 radical (unpaired) electrons. The molecule has 0 bridgehead atoms. The molecule has 0 N–H and O–H groups in total. The molecule has 0 spiro atoms. The van der Waals surface area contributed by atoms with Gasteiger partial charge in [0, 0.05) is 0 Å². The zero-order valence-electron chi connectivity index (χ0n) is 7.24. The number of rotatable bonds is 1. The summed E-state index contributed by atoms with van der Waals surface area (Å²) in [6, 6.07) is 0.774. The van der Waals surface area contributed by atoms with Crippen LogP contribution < -0.4 is 0 Å². The van der Waals surface area contributed by atoms with Crippen LogP contribution in [0.3, 0.4) is 0 Å². The van der Waals surface area contributed by atoms with E-state index >= 15 is 0 Å². The molecule has 1 aromatic carbocycles. The van der Waals surface area contributed by atoms with Gasteiger partial charge >= 0.3 is 16.4 Å². The van der Waals surface area contributed by atoms with E-state index in [0.717, 1.165) is 0 Å². The van der Waals surface area contributed by atoms with Crippen molar-refractivity contribution in [1.29, 1.82) is 0 Å². The molecular formula is C7H4F8S. The maximum absolute atomic E-state index is 12.2. The van der Waals surface area contributed by atoms with Crippen molar-refractivity contribution in [3.8, 4) is 0 Å². The standard InChI is InChI=1S/C7H4F8S/c8-7(9,10)5-3-1-2-4-6(5)16(11,12,13,14)15/h1-4H. The van der Waals surface area contributed by atoms with Crippen LogP contribution in [0, 0.1) is 0 Å². The minimum atomic E-state index is -10.3. The van der Waals surface area contributed by atoms with Gasteiger partial charge in [0.2, 0.25) is 0 Å². The van der Waals surface area contributed by atoms with Crippen LogP contribution in [0.15, 0.2) is 29.2 Å². The second kappa shape index (κ2) is 2.63. The molecule has 0 unspecified atom stereocenters. The van der Waals surface area contributed by atoms with Crippen molar-refractivity contribution in [1.82, 2.24) is 0 Å². The summed E-state index contributed by atoms with van der Waals surface area (Å²) in [4.78, 5) is -2.91. The van der Waals surface area contributed by atoms with E-state index in [4.69, 9.17) is 0 Å². The first-order valence-electron chi connectivity index (χ1n) is 3.62. The molecule has 0 aliphatic carbocycles. The van der Waals surface area contributed by atoms with Crippen LogP contribution in [0.2, 0.25) is 0 Å². The lowest BCUT2D eigenvalue weighted by molar-refractivity contribution is -0.140. The normalized spacial score (nSPS) is 17.8. The molecule has 0 saturated carbocycles. The Morgan fingerprint density at radius 1 is 0.812 bits per heavy atom. The third kappa shape index (κ3) is 2.77. The molecule has 1 rings (SSSR count). The molecule has 0 aromatic heterocycles. The molecule has 0 nitrogen and oxygen atoms in total. The van der Waals surface area contributed by atoms with E-state index in [1.807, 2.05) is 0 Å². The van der Waals surface area contributed by atoms with E-state index in [-0.39, 0.29) is 12.1 Å². The van der Waals surface area contributed by atoms with Crippen LogP contribution >= 0.6 is 10.2 Å². The van der Waals surface area contributed by atoms with Crippen LogP contribution in [0.25, 0.3) is 0 Å². The molecule has 0 aliphatic rings. The molecule has 1 aromatic rings. The number of halogens is 8. The van der Waals surface area contributed by atoms with Crippen molar-refractivity contribution in [2.75, 3.05) is 0 Å². The quantitative estimate of drug-likeness (QED) is 0.603. The summed E-state index contributed by atoms with van der Waals surface area (Å²) in [5.74, 6) is 0. The number of hydrogen-bond acceptors (Lipinski definition) is 0. The fourth-order valence-electron chi connectivity index (χ4n) is 1.04. The highest BCUT2D eigenvalue weighted by atomic mass is 32.5. The van der Waals surface area contributed by atoms with Crippen LogP contribution in [0.5, 0.6) is 0 Å². The van der Waals surface area contributed by atoms with Crippen molar-refractivity contribution in [2.24, 2.45) is 0 Å². The highest BCUT2D eigenvalue weighted by molar-refractivity contribution is 8.45. The summed E-state index contributed by atoms with van der Waals surface area (Å²) in [6.07, 6.45) is -5.48. The highest BCUT2D eigenvalue weighted by Crippen LogP contribution is 3.02. The van der Waals surface area contributed by atoms with Gasteiger partial charge in [0.1, 0.15) is 4.90 Å². The van der Waals surface area contributed by atoms with Gasteiger partial charge < -0.3 is 0 Å². The molecule has 0 aliphatic heterocycles. The van der Waals surface area contributed by atoms with E-state index in [1.165, 1.54) is 0 Å². The van der Waals surface area contributed by atoms with Crippen molar-refractivity contribution >= 4 is 10.2 Å². The van der Waals surface area contributed by atoms with Crippen molar-refractivity contribution in [2.45, 2.75) is 11.1 Å². The maximum Gasteiger partial charge on any atom is 0.417 e. The van der Waals surface area contributed by atoms with Gasteiger partial charge in [-0.05, 0) is 12.1 Å². The molecule has 16 heavy (non-hydrogen) atoms. The Balaban J connectivity index is 3.62. The second-order valence-corrected chi connectivity index (χ2v) is 5.34. The summed E-state index contributed by atoms with van der Waals surface area (Å²) >= 11 is 0. The second-order valence-electron chi connectivity index (χ2n) is 2.96.